The zero-order chi connectivity index (χ0) is 20.8. The number of pyridine rings is 2. The summed E-state index contributed by atoms with van der Waals surface area (Å²) >= 11 is 2.63. The van der Waals surface area contributed by atoms with Crippen LogP contribution in [0.25, 0.3) is 16.0 Å². The highest BCUT2D eigenvalue weighted by atomic mass is 32.2. The van der Waals surface area contributed by atoms with E-state index in [4.69, 9.17) is 27.9 Å². The van der Waals surface area contributed by atoms with Crippen molar-refractivity contribution in [3.05, 3.63) is 46.4 Å². The van der Waals surface area contributed by atoms with Crippen molar-refractivity contribution in [1.82, 2.24) is 15.0 Å². The van der Waals surface area contributed by atoms with Gasteiger partial charge in [-0.25, -0.2) is 19.8 Å². The molecular formula is C18H15N7O2S2. The number of ether oxygens (including phenoxy) is 1. The number of hydrogen-bond donors (Lipinski definition) is 3. The summed E-state index contributed by atoms with van der Waals surface area (Å²) in [4.78, 5) is 16.1. The highest BCUT2D eigenvalue weighted by Crippen LogP contribution is 2.41. The number of anilines is 2. The van der Waals surface area contributed by atoms with Gasteiger partial charge in [0.15, 0.2) is 5.13 Å². The van der Waals surface area contributed by atoms with Gasteiger partial charge in [-0.2, -0.15) is 5.26 Å². The molecule has 3 heterocycles. The average Bonchev–Trinajstić information content (AvgIpc) is 3.15. The van der Waals surface area contributed by atoms with E-state index in [1.807, 2.05) is 5.38 Å². The Hall–Kier alpha value is -3.38. The lowest BCUT2D eigenvalue weighted by Crippen LogP contribution is -2.03. The molecule has 0 aromatic carbocycles. The molecule has 0 bridgehead atoms. The van der Waals surface area contributed by atoms with Gasteiger partial charge in [0.2, 0.25) is 11.6 Å². The van der Waals surface area contributed by atoms with Crippen LogP contribution in [0.2, 0.25) is 0 Å². The number of thioether (sulfide) groups is 1. The third kappa shape index (κ3) is 4.55. The molecule has 9 nitrogen and oxygen atoms in total. The molecule has 29 heavy (non-hydrogen) atoms. The standard InChI is InChI=1S/C18H15N7O2S2/c1-22-15-14(10-2-3-13(23-7-10)27-5-4-26)12(6-19)17(25-16(15)20)28-8-11-9-29-18(21)24-11/h2-3,7,9,26H,4-5,8H2,(H2,20,25)(H2,21,24). The van der Waals surface area contributed by atoms with E-state index in [-0.39, 0.29) is 30.3 Å². The quantitative estimate of drug-likeness (QED) is 0.384. The van der Waals surface area contributed by atoms with Crippen LogP contribution in [0, 0.1) is 17.9 Å². The van der Waals surface area contributed by atoms with Crippen molar-refractivity contribution in [2.75, 3.05) is 24.7 Å². The molecule has 3 aromatic rings. The minimum atomic E-state index is -0.129. The van der Waals surface area contributed by atoms with Crippen molar-refractivity contribution >= 4 is 39.7 Å². The zero-order valence-electron chi connectivity index (χ0n) is 15.0. The molecule has 11 heteroatoms. The van der Waals surface area contributed by atoms with E-state index in [0.717, 1.165) is 5.69 Å². The normalized spacial score (nSPS) is 10.3. The smallest absolute Gasteiger partial charge is 0.237 e. The van der Waals surface area contributed by atoms with Crippen LogP contribution < -0.4 is 16.2 Å². The molecule has 0 aliphatic heterocycles. The molecule has 3 rings (SSSR count). The summed E-state index contributed by atoms with van der Waals surface area (Å²) in [5, 5.41) is 21.3. The number of aliphatic hydroxyl groups excluding tert-OH is 1. The topological polar surface area (TPSA) is 148 Å². The maximum absolute atomic E-state index is 9.79. The summed E-state index contributed by atoms with van der Waals surface area (Å²) in [6, 6.07) is 5.42. The van der Waals surface area contributed by atoms with Crippen LogP contribution in [-0.2, 0) is 5.75 Å². The second-order valence-corrected chi connectivity index (χ2v) is 7.40. The monoisotopic (exact) mass is 425 g/mol. The van der Waals surface area contributed by atoms with Crippen LogP contribution in [0.4, 0.5) is 16.6 Å². The number of nitriles is 1. The molecule has 0 saturated carbocycles. The lowest BCUT2D eigenvalue weighted by atomic mass is 10.0. The lowest BCUT2D eigenvalue weighted by molar-refractivity contribution is 0.196. The number of nitrogens with zero attached hydrogens (tertiary/aromatic N) is 5. The molecule has 0 amide bonds. The van der Waals surface area contributed by atoms with Gasteiger partial charge in [-0.1, -0.05) is 11.8 Å². The van der Waals surface area contributed by atoms with Gasteiger partial charge < -0.3 is 21.3 Å². The number of hydrogen-bond acceptors (Lipinski definition) is 10. The van der Waals surface area contributed by atoms with Crippen molar-refractivity contribution < 1.29 is 9.84 Å². The second-order valence-electron chi connectivity index (χ2n) is 5.55. The molecule has 0 saturated heterocycles. The van der Waals surface area contributed by atoms with Gasteiger partial charge in [0.25, 0.3) is 0 Å². The average molecular weight is 425 g/mol. The highest BCUT2D eigenvalue weighted by molar-refractivity contribution is 7.98. The largest absolute Gasteiger partial charge is 0.475 e. The van der Waals surface area contributed by atoms with Gasteiger partial charge in [-0.15, -0.1) is 11.3 Å². The Morgan fingerprint density at radius 3 is 2.76 bits per heavy atom. The molecule has 0 radical (unpaired) electrons. The summed E-state index contributed by atoms with van der Waals surface area (Å²) < 4.78 is 5.25. The first-order valence-corrected chi connectivity index (χ1v) is 10.1. The van der Waals surface area contributed by atoms with Gasteiger partial charge in [0, 0.05) is 29.0 Å². The third-order valence-corrected chi connectivity index (χ3v) is 5.41. The molecular weight excluding hydrogens is 410 g/mol. The minimum absolute atomic E-state index is 0.0369. The first kappa shape index (κ1) is 20.4. The SMILES string of the molecule is [C-]#[N+]c1c(N)nc(SCc2csc(N)n2)c(C#N)c1-c1ccc(OCCO)nc1. The van der Waals surface area contributed by atoms with Gasteiger partial charge in [-0.05, 0) is 11.6 Å². The second kappa shape index (κ2) is 9.21. The predicted molar refractivity (Wildman–Crippen MR) is 112 cm³/mol. The fourth-order valence-electron chi connectivity index (χ4n) is 2.47. The summed E-state index contributed by atoms with van der Waals surface area (Å²) in [6.07, 6.45) is 1.49. The van der Waals surface area contributed by atoms with E-state index in [1.54, 1.807) is 12.1 Å². The number of rotatable bonds is 7. The Balaban J connectivity index is 2.01. The highest BCUT2D eigenvalue weighted by Gasteiger charge is 2.21. The third-order valence-electron chi connectivity index (χ3n) is 3.68. The first-order valence-electron chi connectivity index (χ1n) is 8.21. The Morgan fingerprint density at radius 2 is 2.17 bits per heavy atom. The van der Waals surface area contributed by atoms with Crippen molar-refractivity contribution in [2.45, 2.75) is 10.8 Å². The number of thiazole rings is 1. The predicted octanol–water partition coefficient (Wildman–Crippen LogP) is 2.85. The number of aliphatic hydroxyl groups is 1. The Kier molecular flexibility index (Phi) is 6.46. The molecule has 0 aliphatic carbocycles. The summed E-state index contributed by atoms with van der Waals surface area (Å²) in [7, 11) is 0. The van der Waals surface area contributed by atoms with E-state index in [0.29, 0.717) is 32.9 Å². The number of nitrogens with two attached hydrogens (primary N) is 2. The minimum Gasteiger partial charge on any atom is -0.475 e. The van der Waals surface area contributed by atoms with E-state index < -0.39 is 0 Å². The van der Waals surface area contributed by atoms with Crippen LogP contribution in [-0.4, -0.2) is 33.3 Å². The van der Waals surface area contributed by atoms with Gasteiger partial charge >= 0.3 is 0 Å². The molecule has 0 unspecified atom stereocenters. The zero-order valence-corrected chi connectivity index (χ0v) is 16.6. The number of nitrogen functional groups attached to an aromatic ring is 2. The van der Waals surface area contributed by atoms with E-state index in [2.05, 4.69) is 25.9 Å². The van der Waals surface area contributed by atoms with E-state index in [1.165, 1.54) is 29.3 Å². The summed E-state index contributed by atoms with van der Waals surface area (Å²) in [5.74, 6) is 0.816. The molecule has 3 aromatic heterocycles. The van der Waals surface area contributed by atoms with Crippen molar-refractivity contribution in [3.63, 3.8) is 0 Å². The Labute approximate surface area is 174 Å². The molecule has 5 N–H and O–H groups in total. The van der Waals surface area contributed by atoms with Crippen LogP contribution in [0.3, 0.4) is 0 Å². The van der Waals surface area contributed by atoms with Crippen LogP contribution in [0.15, 0.2) is 28.7 Å². The van der Waals surface area contributed by atoms with Crippen LogP contribution in [0.5, 0.6) is 5.88 Å². The fourth-order valence-corrected chi connectivity index (χ4v) is 4.02. The van der Waals surface area contributed by atoms with Crippen LogP contribution in [0.1, 0.15) is 11.3 Å². The van der Waals surface area contributed by atoms with Crippen molar-refractivity contribution in [3.8, 4) is 23.1 Å². The number of aromatic nitrogens is 3. The van der Waals surface area contributed by atoms with Crippen molar-refractivity contribution in [1.29, 1.82) is 5.26 Å². The molecule has 0 aliphatic rings. The first-order chi connectivity index (χ1) is 14.1. The fraction of sp³-hybridized carbons (Fsp3) is 0.167. The van der Waals surface area contributed by atoms with Gasteiger partial charge in [0.1, 0.15) is 23.5 Å². The van der Waals surface area contributed by atoms with Crippen LogP contribution >= 0.6 is 23.1 Å². The molecule has 0 spiro atoms. The maximum Gasteiger partial charge on any atom is 0.237 e. The van der Waals surface area contributed by atoms with E-state index >= 15 is 0 Å². The Bertz CT molecular complexity index is 1100. The van der Waals surface area contributed by atoms with E-state index in [9.17, 15) is 5.26 Å². The summed E-state index contributed by atoms with van der Waals surface area (Å²) in [5.41, 5.74) is 13.7. The lowest BCUT2D eigenvalue weighted by Gasteiger charge is -2.13. The molecule has 0 fully saturated rings. The van der Waals surface area contributed by atoms with Crippen molar-refractivity contribution in [2.24, 2.45) is 0 Å². The van der Waals surface area contributed by atoms with Gasteiger partial charge in [0.05, 0.1) is 24.4 Å². The van der Waals surface area contributed by atoms with Gasteiger partial charge in [-0.3, -0.25) is 0 Å². The summed E-state index contributed by atoms with van der Waals surface area (Å²) in [6.45, 7) is 7.47. The molecule has 146 valence electrons. The molecule has 0 atom stereocenters. The Morgan fingerprint density at radius 1 is 1.34 bits per heavy atom. The maximum atomic E-state index is 9.79.